The predicted octanol–water partition coefficient (Wildman–Crippen LogP) is 14.4. The van der Waals surface area contributed by atoms with E-state index in [-0.39, 0.29) is 0 Å². The second-order valence-corrected chi connectivity index (χ2v) is 13.4. The van der Waals surface area contributed by atoms with Crippen molar-refractivity contribution in [2.45, 2.75) is 0 Å². The van der Waals surface area contributed by atoms with Gasteiger partial charge in [-0.1, -0.05) is 146 Å². The third-order valence-electron chi connectivity index (χ3n) is 10.2. The Bertz CT molecular complexity index is 2910. The lowest BCUT2D eigenvalue weighted by Crippen LogP contribution is -2.11. The van der Waals surface area contributed by atoms with Crippen molar-refractivity contribution in [1.29, 1.82) is 0 Å². The summed E-state index contributed by atoms with van der Waals surface area (Å²) in [7, 11) is 0. The Morgan fingerprint density at radius 1 is 0.327 bits per heavy atom. The average Bonchev–Trinajstić information content (AvgIpc) is 3.59. The standard InChI is InChI=1S/C50H33NO/c1-2-12-34(13-3-1)38-18-8-20-42(31-38)51(43-21-9-19-39(32-43)40-28-29-46-45-22-6-7-25-48(45)52-49(46)33-40)47-24-11-17-36-16-10-23-44(50(36)47)41-27-26-35-14-4-5-15-37(35)30-41/h1-33H. The monoisotopic (exact) mass is 663 g/mol. The van der Waals surface area contributed by atoms with Crippen molar-refractivity contribution < 1.29 is 4.42 Å². The van der Waals surface area contributed by atoms with Crippen LogP contribution >= 0.6 is 0 Å². The van der Waals surface area contributed by atoms with Crippen LogP contribution in [0.2, 0.25) is 0 Å². The molecule has 0 saturated heterocycles. The van der Waals surface area contributed by atoms with Crippen LogP contribution in [0, 0.1) is 0 Å². The Morgan fingerprint density at radius 2 is 0.923 bits per heavy atom. The number of para-hydroxylation sites is 1. The molecule has 1 aromatic heterocycles. The molecule has 0 aliphatic heterocycles. The van der Waals surface area contributed by atoms with Crippen LogP contribution in [0.15, 0.2) is 205 Å². The van der Waals surface area contributed by atoms with E-state index in [2.05, 4.69) is 193 Å². The number of anilines is 3. The smallest absolute Gasteiger partial charge is 0.136 e. The van der Waals surface area contributed by atoms with E-state index in [0.29, 0.717) is 0 Å². The molecule has 0 radical (unpaired) electrons. The van der Waals surface area contributed by atoms with Gasteiger partial charge in [-0.25, -0.2) is 0 Å². The third kappa shape index (κ3) is 5.21. The van der Waals surface area contributed by atoms with Crippen LogP contribution < -0.4 is 4.90 Å². The molecule has 0 aliphatic carbocycles. The van der Waals surface area contributed by atoms with Gasteiger partial charge >= 0.3 is 0 Å². The van der Waals surface area contributed by atoms with E-state index >= 15 is 0 Å². The first-order valence-electron chi connectivity index (χ1n) is 17.8. The summed E-state index contributed by atoms with van der Waals surface area (Å²) in [6.07, 6.45) is 0. The van der Waals surface area contributed by atoms with Gasteiger partial charge in [-0.05, 0) is 104 Å². The quantitative estimate of drug-likeness (QED) is 0.176. The molecule has 0 amide bonds. The lowest BCUT2D eigenvalue weighted by atomic mass is 9.94. The topological polar surface area (TPSA) is 16.4 Å². The number of furan rings is 1. The summed E-state index contributed by atoms with van der Waals surface area (Å²) in [5.74, 6) is 0. The van der Waals surface area contributed by atoms with Gasteiger partial charge in [0.25, 0.3) is 0 Å². The summed E-state index contributed by atoms with van der Waals surface area (Å²) in [4.78, 5) is 2.42. The van der Waals surface area contributed by atoms with Crippen LogP contribution in [0.5, 0.6) is 0 Å². The SMILES string of the molecule is c1ccc(-c2cccc(N(c3cccc(-c4ccc5c(c4)oc4ccccc45)c3)c3cccc4cccc(-c5ccc6ccccc6c5)c34)c2)cc1. The number of hydrogen-bond acceptors (Lipinski definition) is 2. The molecule has 1 heterocycles. The molecule has 0 spiro atoms. The summed E-state index contributed by atoms with van der Waals surface area (Å²) in [6.45, 7) is 0. The number of rotatable bonds is 6. The fourth-order valence-corrected chi connectivity index (χ4v) is 7.72. The first-order chi connectivity index (χ1) is 25.8. The molecule has 0 atom stereocenters. The molecule has 0 unspecified atom stereocenters. The van der Waals surface area contributed by atoms with Gasteiger partial charge in [0.15, 0.2) is 0 Å². The van der Waals surface area contributed by atoms with Crippen molar-refractivity contribution in [2.75, 3.05) is 4.90 Å². The maximum absolute atomic E-state index is 6.31. The van der Waals surface area contributed by atoms with E-state index in [1.807, 2.05) is 12.1 Å². The van der Waals surface area contributed by atoms with E-state index in [9.17, 15) is 0 Å². The zero-order chi connectivity index (χ0) is 34.4. The van der Waals surface area contributed by atoms with E-state index in [4.69, 9.17) is 4.42 Å². The highest BCUT2D eigenvalue weighted by molar-refractivity contribution is 6.09. The van der Waals surface area contributed by atoms with Crippen molar-refractivity contribution in [1.82, 2.24) is 0 Å². The number of nitrogens with zero attached hydrogens (tertiary/aromatic N) is 1. The minimum Gasteiger partial charge on any atom is -0.456 e. The van der Waals surface area contributed by atoms with Crippen molar-refractivity contribution in [2.24, 2.45) is 0 Å². The summed E-state index contributed by atoms with van der Waals surface area (Å²) >= 11 is 0. The van der Waals surface area contributed by atoms with Gasteiger partial charge in [0.2, 0.25) is 0 Å². The zero-order valence-corrected chi connectivity index (χ0v) is 28.4. The Labute approximate surface area is 302 Å². The van der Waals surface area contributed by atoms with Crippen molar-refractivity contribution in [3.8, 4) is 33.4 Å². The van der Waals surface area contributed by atoms with Crippen molar-refractivity contribution in [3.05, 3.63) is 200 Å². The number of hydrogen-bond donors (Lipinski definition) is 0. The molecular formula is C50H33NO. The highest BCUT2D eigenvalue weighted by atomic mass is 16.3. The first kappa shape index (κ1) is 30.0. The largest absolute Gasteiger partial charge is 0.456 e. The molecule has 9 aromatic carbocycles. The van der Waals surface area contributed by atoms with Gasteiger partial charge in [-0.2, -0.15) is 0 Å². The van der Waals surface area contributed by atoms with Crippen molar-refractivity contribution in [3.63, 3.8) is 0 Å². The summed E-state index contributed by atoms with van der Waals surface area (Å²) in [6, 6.07) is 71.9. The fourth-order valence-electron chi connectivity index (χ4n) is 7.72. The van der Waals surface area contributed by atoms with Crippen LogP contribution in [0.4, 0.5) is 17.1 Å². The minimum atomic E-state index is 0.894. The highest BCUT2D eigenvalue weighted by Gasteiger charge is 2.20. The summed E-state index contributed by atoms with van der Waals surface area (Å²) < 4.78 is 6.31. The lowest BCUT2D eigenvalue weighted by Gasteiger charge is -2.28. The summed E-state index contributed by atoms with van der Waals surface area (Å²) in [5.41, 5.74) is 12.1. The second kappa shape index (κ2) is 12.5. The lowest BCUT2D eigenvalue weighted by molar-refractivity contribution is 0.669. The maximum Gasteiger partial charge on any atom is 0.136 e. The second-order valence-electron chi connectivity index (χ2n) is 13.4. The van der Waals surface area contributed by atoms with E-state index in [0.717, 1.165) is 50.1 Å². The molecule has 244 valence electrons. The molecular weight excluding hydrogens is 631 g/mol. The fraction of sp³-hybridized carbons (Fsp3) is 0. The van der Waals surface area contributed by atoms with Crippen LogP contribution in [0.1, 0.15) is 0 Å². The van der Waals surface area contributed by atoms with Gasteiger partial charge in [0.1, 0.15) is 11.2 Å². The van der Waals surface area contributed by atoms with Crippen LogP contribution in [0.25, 0.3) is 76.9 Å². The Balaban J connectivity index is 1.19. The maximum atomic E-state index is 6.31. The number of benzene rings is 9. The van der Waals surface area contributed by atoms with Crippen LogP contribution in [0.3, 0.4) is 0 Å². The predicted molar refractivity (Wildman–Crippen MR) is 220 cm³/mol. The normalized spacial score (nSPS) is 11.5. The van der Waals surface area contributed by atoms with Crippen LogP contribution in [-0.4, -0.2) is 0 Å². The minimum absolute atomic E-state index is 0.894. The average molecular weight is 664 g/mol. The third-order valence-corrected chi connectivity index (χ3v) is 10.2. The van der Waals surface area contributed by atoms with Gasteiger partial charge < -0.3 is 9.32 Å². The molecule has 10 rings (SSSR count). The molecule has 2 heteroatoms. The van der Waals surface area contributed by atoms with E-state index in [1.54, 1.807) is 0 Å². The first-order valence-corrected chi connectivity index (χ1v) is 17.8. The van der Waals surface area contributed by atoms with E-state index < -0.39 is 0 Å². The Hall–Kier alpha value is -6.90. The van der Waals surface area contributed by atoms with Gasteiger partial charge in [-0.3, -0.25) is 0 Å². The molecule has 0 fully saturated rings. The van der Waals surface area contributed by atoms with Gasteiger partial charge in [0.05, 0.1) is 5.69 Å². The molecule has 52 heavy (non-hydrogen) atoms. The molecule has 0 saturated carbocycles. The van der Waals surface area contributed by atoms with Gasteiger partial charge in [0, 0.05) is 27.5 Å². The molecule has 10 aromatic rings. The molecule has 0 N–H and O–H groups in total. The number of fused-ring (bicyclic) bond motifs is 5. The highest BCUT2D eigenvalue weighted by Crippen LogP contribution is 2.45. The Kier molecular flexibility index (Phi) is 7.18. The van der Waals surface area contributed by atoms with Gasteiger partial charge in [-0.15, -0.1) is 0 Å². The van der Waals surface area contributed by atoms with Crippen LogP contribution in [-0.2, 0) is 0 Å². The van der Waals surface area contributed by atoms with E-state index in [1.165, 1.54) is 43.8 Å². The van der Waals surface area contributed by atoms with Crippen molar-refractivity contribution >= 4 is 60.5 Å². The Morgan fingerprint density at radius 3 is 1.75 bits per heavy atom. The summed E-state index contributed by atoms with van der Waals surface area (Å²) in [5, 5.41) is 7.14. The zero-order valence-electron chi connectivity index (χ0n) is 28.4. The molecule has 2 nitrogen and oxygen atoms in total. The molecule has 0 bridgehead atoms. The molecule has 0 aliphatic rings.